The zero-order valence-electron chi connectivity index (χ0n) is 13.0. The van der Waals surface area contributed by atoms with Crippen molar-refractivity contribution >= 4 is 23.0 Å². The van der Waals surface area contributed by atoms with Crippen LogP contribution in [0.25, 0.3) is 5.52 Å². The summed E-state index contributed by atoms with van der Waals surface area (Å²) in [6, 6.07) is 5.43. The lowest BCUT2D eigenvalue weighted by Crippen LogP contribution is -2.40. The van der Waals surface area contributed by atoms with Crippen LogP contribution in [-0.4, -0.2) is 32.6 Å². The highest BCUT2D eigenvalue weighted by molar-refractivity contribution is 6.24. The highest BCUT2D eigenvalue weighted by Crippen LogP contribution is 2.61. The molecule has 5 heterocycles. The second-order valence-corrected chi connectivity index (χ2v) is 7.25. The van der Waals surface area contributed by atoms with Crippen LogP contribution >= 0.6 is 0 Å². The van der Waals surface area contributed by atoms with Gasteiger partial charge in [-0.2, -0.15) is 5.10 Å². The highest BCUT2D eigenvalue weighted by Gasteiger charge is 2.72. The number of hydrogen-bond acceptors (Lipinski definition) is 4. The fourth-order valence-corrected chi connectivity index (χ4v) is 4.83. The van der Waals surface area contributed by atoms with E-state index in [1.54, 1.807) is 29.0 Å². The number of ether oxygens (including phenoxy) is 1. The molecule has 3 saturated heterocycles. The van der Waals surface area contributed by atoms with Crippen LogP contribution in [-0.2, 0) is 14.3 Å². The van der Waals surface area contributed by atoms with Gasteiger partial charge in [0.1, 0.15) is 0 Å². The number of pyridine rings is 1. The minimum absolute atomic E-state index is 0.139. The average Bonchev–Trinajstić information content (AvgIpc) is 3.20. The van der Waals surface area contributed by atoms with E-state index in [1.165, 1.54) is 4.90 Å². The zero-order valence-corrected chi connectivity index (χ0v) is 13.0. The van der Waals surface area contributed by atoms with Gasteiger partial charge >= 0.3 is 0 Å². The predicted molar refractivity (Wildman–Crippen MR) is 81.8 cm³/mol. The molecular formula is C17H17N3O3. The number of anilines is 1. The lowest BCUT2D eigenvalue weighted by Gasteiger charge is -2.27. The first-order valence-electron chi connectivity index (χ1n) is 7.95. The van der Waals surface area contributed by atoms with E-state index in [1.807, 2.05) is 19.9 Å². The van der Waals surface area contributed by atoms with Gasteiger partial charge in [-0.25, -0.2) is 9.42 Å². The van der Waals surface area contributed by atoms with E-state index in [0.29, 0.717) is 5.69 Å². The third-order valence-electron chi connectivity index (χ3n) is 5.86. The summed E-state index contributed by atoms with van der Waals surface area (Å²) in [5, 5.41) is 4.19. The number of imide groups is 1. The summed E-state index contributed by atoms with van der Waals surface area (Å²) in [6.45, 7) is 3.94. The maximum Gasteiger partial charge on any atom is 0.240 e. The molecule has 2 aromatic rings. The predicted octanol–water partition coefficient (Wildman–Crippen LogP) is 1.78. The van der Waals surface area contributed by atoms with Gasteiger partial charge < -0.3 is 4.74 Å². The first kappa shape index (κ1) is 13.2. The molecular weight excluding hydrogens is 294 g/mol. The number of fused-ring (bicyclic) bond motifs is 6. The molecule has 0 spiro atoms. The fourth-order valence-electron chi connectivity index (χ4n) is 4.83. The second kappa shape index (κ2) is 3.82. The Kier molecular flexibility index (Phi) is 2.20. The van der Waals surface area contributed by atoms with Gasteiger partial charge in [0.2, 0.25) is 11.8 Å². The Labute approximate surface area is 133 Å². The molecule has 0 unspecified atom stereocenters. The van der Waals surface area contributed by atoms with Crippen molar-refractivity contribution in [1.82, 2.24) is 9.61 Å². The van der Waals surface area contributed by atoms with E-state index in [-0.39, 0.29) is 23.7 Å². The molecule has 2 aromatic heterocycles. The van der Waals surface area contributed by atoms with E-state index in [4.69, 9.17) is 4.74 Å². The third kappa shape index (κ3) is 1.40. The molecule has 3 aliphatic heterocycles. The standard InChI is InChI=1S/C17H17N3O3/c1-16-6-7-17(2,23-16)13-12(16)14(21)20(15(13)22)11-4-3-9-19-10(11)5-8-18-19/h3-5,8-9,12-13H,6-7H2,1-2H3/t12-,13+,16-,17+. The average molecular weight is 311 g/mol. The molecule has 4 atom stereocenters. The maximum absolute atomic E-state index is 13.1. The highest BCUT2D eigenvalue weighted by atomic mass is 16.5. The van der Waals surface area contributed by atoms with Crippen LogP contribution < -0.4 is 4.90 Å². The van der Waals surface area contributed by atoms with Gasteiger partial charge in [-0.3, -0.25) is 9.59 Å². The molecule has 0 radical (unpaired) electrons. The van der Waals surface area contributed by atoms with Crippen LogP contribution in [0.3, 0.4) is 0 Å². The number of carbonyl (C=O) groups excluding carboxylic acids is 2. The van der Waals surface area contributed by atoms with Crippen LogP contribution in [0.2, 0.25) is 0 Å². The summed E-state index contributed by atoms with van der Waals surface area (Å²) in [5.41, 5.74) is 0.331. The zero-order chi connectivity index (χ0) is 16.0. The summed E-state index contributed by atoms with van der Waals surface area (Å²) < 4.78 is 7.80. The minimum atomic E-state index is -0.522. The van der Waals surface area contributed by atoms with Gasteiger partial charge in [0.25, 0.3) is 0 Å². The monoisotopic (exact) mass is 311 g/mol. The Bertz CT molecular complexity index is 841. The topological polar surface area (TPSA) is 63.9 Å². The van der Waals surface area contributed by atoms with E-state index >= 15 is 0 Å². The van der Waals surface area contributed by atoms with Gasteiger partial charge in [0.15, 0.2) is 0 Å². The van der Waals surface area contributed by atoms with Gasteiger partial charge in [0, 0.05) is 6.20 Å². The number of amides is 2. The summed E-state index contributed by atoms with van der Waals surface area (Å²) in [4.78, 5) is 27.6. The summed E-state index contributed by atoms with van der Waals surface area (Å²) >= 11 is 0. The molecule has 2 amide bonds. The van der Waals surface area contributed by atoms with Gasteiger partial charge in [-0.1, -0.05) is 0 Å². The van der Waals surface area contributed by atoms with Crippen molar-refractivity contribution in [3.63, 3.8) is 0 Å². The fraction of sp³-hybridized carbons (Fsp3) is 0.471. The molecule has 6 heteroatoms. The number of rotatable bonds is 1. The number of hydrogen-bond donors (Lipinski definition) is 0. The van der Waals surface area contributed by atoms with E-state index in [9.17, 15) is 9.59 Å². The molecule has 0 saturated carbocycles. The molecule has 0 aliphatic carbocycles. The molecule has 0 N–H and O–H groups in total. The maximum atomic E-state index is 13.1. The van der Waals surface area contributed by atoms with Gasteiger partial charge in [-0.05, 0) is 44.9 Å². The van der Waals surface area contributed by atoms with Gasteiger partial charge in [0.05, 0.1) is 40.4 Å². The first-order chi connectivity index (χ1) is 10.9. The van der Waals surface area contributed by atoms with Crippen LogP contribution in [0, 0.1) is 11.8 Å². The van der Waals surface area contributed by atoms with Crippen molar-refractivity contribution in [2.45, 2.75) is 37.9 Å². The van der Waals surface area contributed by atoms with Crippen molar-refractivity contribution in [1.29, 1.82) is 0 Å². The Morgan fingerprint density at radius 2 is 1.78 bits per heavy atom. The molecule has 0 aromatic carbocycles. The molecule has 6 nitrogen and oxygen atoms in total. The van der Waals surface area contributed by atoms with Crippen molar-refractivity contribution in [2.24, 2.45) is 11.8 Å². The van der Waals surface area contributed by atoms with Crippen LogP contribution in [0.5, 0.6) is 0 Å². The lowest BCUT2D eigenvalue weighted by atomic mass is 9.69. The first-order valence-corrected chi connectivity index (χ1v) is 7.95. The Morgan fingerprint density at radius 1 is 1.13 bits per heavy atom. The molecule has 5 rings (SSSR count). The summed E-state index contributed by atoms with van der Waals surface area (Å²) in [6.07, 6.45) is 5.13. The van der Waals surface area contributed by atoms with E-state index < -0.39 is 11.2 Å². The molecule has 23 heavy (non-hydrogen) atoms. The smallest absolute Gasteiger partial charge is 0.240 e. The summed E-state index contributed by atoms with van der Waals surface area (Å²) in [5.74, 6) is -1.03. The van der Waals surface area contributed by atoms with E-state index in [0.717, 1.165) is 18.4 Å². The number of carbonyl (C=O) groups is 2. The normalized spacial score (nSPS) is 38.8. The number of nitrogens with zero attached hydrogens (tertiary/aromatic N) is 3. The van der Waals surface area contributed by atoms with Crippen molar-refractivity contribution < 1.29 is 14.3 Å². The Balaban J connectivity index is 1.68. The SMILES string of the molecule is C[C@]12CC[C@](C)(O1)[C@@H]1C(=O)N(c3cccn4nccc34)C(=O)[C@@H]12. The summed E-state index contributed by atoms with van der Waals surface area (Å²) in [7, 11) is 0. The Hall–Kier alpha value is -2.21. The molecule has 3 fully saturated rings. The lowest BCUT2D eigenvalue weighted by molar-refractivity contribution is -0.129. The molecule has 3 aliphatic rings. The largest absolute Gasteiger partial charge is 0.367 e. The van der Waals surface area contributed by atoms with Crippen LogP contribution in [0.1, 0.15) is 26.7 Å². The van der Waals surface area contributed by atoms with Crippen LogP contribution in [0.4, 0.5) is 5.69 Å². The Morgan fingerprint density at radius 3 is 2.43 bits per heavy atom. The number of aromatic nitrogens is 2. The molecule has 118 valence electrons. The van der Waals surface area contributed by atoms with Crippen molar-refractivity contribution in [3.05, 3.63) is 30.6 Å². The van der Waals surface area contributed by atoms with Crippen molar-refractivity contribution in [3.8, 4) is 0 Å². The quantitative estimate of drug-likeness (QED) is 0.753. The molecule has 2 bridgehead atoms. The van der Waals surface area contributed by atoms with E-state index in [2.05, 4.69) is 5.10 Å². The third-order valence-corrected chi connectivity index (χ3v) is 5.86. The van der Waals surface area contributed by atoms with Crippen molar-refractivity contribution in [2.75, 3.05) is 4.90 Å². The second-order valence-electron chi connectivity index (χ2n) is 7.25. The van der Waals surface area contributed by atoms with Crippen LogP contribution in [0.15, 0.2) is 30.6 Å². The van der Waals surface area contributed by atoms with Gasteiger partial charge in [-0.15, -0.1) is 0 Å². The minimum Gasteiger partial charge on any atom is -0.367 e.